The van der Waals surface area contributed by atoms with Crippen molar-refractivity contribution in [3.05, 3.63) is 29.8 Å². The highest BCUT2D eigenvalue weighted by Crippen LogP contribution is 2.29. The molecule has 0 radical (unpaired) electrons. The number of halogens is 3. The Labute approximate surface area is 110 Å². The third-order valence-corrected chi connectivity index (χ3v) is 1.90. The lowest BCUT2D eigenvalue weighted by atomic mass is 9.93. The fourth-order valence-electron chi connectivity index (χ4n) is 1.17. The number of benzene rings is 1. The Kier molecular flexibility index (Phi) is 5.86. The van der Waals surface area contributed by atoms with Gasteiger partial charge in [0.15, 0.2) is 0 Å². The molecule has 1 rings (SSSR count). The number of anilines is 1. The van der Waals surface area contributed by atoms with Gasteiger partial charge in [0.2, 0.25) is 0 Å². The molecule has 0 aliphatic carbocycles. The first-order valence-corrected chi connectivity index (χ1v) is 5.56. The van der Waals surface area contributed by atoms with Crippen LogP contribution in [0.1, 0.15) is 32.8 Å². The van der Waals surface area contributed by atoms with Crippen molar-refractivity contribution < 1.29 is 23.1 Å². The van der Waals surface area contributed by atoms with Gasteiger partial charge in [-0.25, -0.2) is 0 Å². The number of nitrogens with two attached hydrogens (primary N) is 1. The number of hydrogen-bond acceptors (Lipinski definition) is 2. The highest BCUT2D eigenvalue weighted by molar-refractivity contribution is 5.67. The molecule has 0 aliphatic rings. The Balaban J connectivity index is 0.000000362. The summed E-state index contributed by atoms with van der Waals surface area (Å²) < 4.78 is 35.7. The summed E-state index contributed by atoms with van der Waals surface area (Å²) in [5.41, 5.74) is 4.49. The van der Waals surface area contributed by atoms with Gasteiger partial charge in [-0.05, 0) is 23.6 Å². The summed E-state index contributed by atoms with van der Waals surface area (Å²) in [5.74, 6) is -0.725. The van der Waals surface area contributed by atoms with E-state index >= 15 is 0 Å². The van der Waals surface area contributed by atoms with Crippen LogP contribution in [0.4, 0.5) is 18.9 Å². The molecule has 0 aliphatic heterocycles. The van der Waals surface area contributed by atoms with Crippen molar-refractivity contribution in [1.82, 2.24) is 0 Å². The van der Waals surface area contributed by atoms with E-state index in [2.05, 4.69) is 0 Å². The van der Waals surface area contributed by atoms with E-state index in [9.17, 15) is 18.0 Å². The molecular weight excluding hydrogens is 259 g/mol. The highest BCUT2D eigenvalue weighted by Gasteiger charge is 2.30. The molecule has 1 aromatic rings. The molecule has 0 fully saturated rings. The number of carbonyl (C=O) groups is 1. The zero-order valence-electron chi connectivity index (χ0n) is 11.1. The van der Waals surface area contributed by atoms with Gasteiger partial charge in [-0.15, -0.1) is 0 Å². The van der Waals surface area contributed by atoms with E-state index in [4.69, 9.17) is 10.8 Å². The van der Waals surface area contributed by atoms with Gasteiger partial charge in [0.1, 0.15) is 0 Å². The fourth-order valence-corrected chi connectivity index (χ4v) is 1.17. The minimum absolute atomic E-state index is 0.0775. The van der Waals surface area contributed by atoms with Crippen molar-refractivity contribution in [3.8, 4) is 0 Å². The summed E-state index contributed by atoms with van der Waals surface area (Å²) >= 11 is 0. The van der Waals surface area contributed by atoms with E-state index in [-0.39, 0.29) is 17.5 Å². The molecule has 6 heteroatoms. The van der Waals surface area contributed by atoms with Gasteiger partial charge in [-0.2, -0.15) is 13.2 Å². The molecule has 0 amide bonds. The van der Waals surface area contributed by atoms with Crippen LogP contribution in [0.3, 0.4) is 0 Å². The van der Waals surface area contributed by atoms with Gasteiger partial charge in [0.25, 0.3) is 0 Å². The van der Waals surface area contributed by atoms with Crippen molar-refractivity contribution in [1.29, 1.82) is 0 Å². The smallest absolute Gasteiger partial charge is 0.416 e. The van der Waals surface area contributed by atoms with Crippen LogP contribution in [0, 0.1) is 5.41 Å². The summed E-state index contributed by atoms with van der Waals surface area (Å²) in [6, 6.07) is 4.57. The second kappa shape index (κ2) is 6.45. The third kappa shape index (κ3) is 8.93. The number of alkyl halides is 3. The molecule has 0 spiro atoms. The fraction of sp³-hybridized carbons (Fsp3) is 0.462. The maximum atomic E-state index is 11.9. The average Bonchev–Trinajstić information content (AvgIpc) is 2.12. The topological polar surface area (TPSA) is 63.3 Å². The van der Waals surface area contributed by atoms with Gasteiger partial charge >= 0.3 is 12.1 Å². The summed E-state index contributed by atoms with van der Waals surface area (Å²) in [5, 5.41) is 8.25. The normalized spacial score (nSPS) is 11.5. The minimum Gasteiger partial charge on any atom is -0.481 e. The number of aliphatic carboxylic acids is 1. The molecule has 0 aromatic heterocycles. The predicted molar refractivity (Wildman–Crippen MR) is 67.6 cm³/mol. The first kappa shape index (κ1) is 17.3. The zero-order valence-corrected chi connectivity index (χ0v) is 11.1. The minimum atomic E-state index is -4.30. The van der Waals surface area contributed by atoms with Crippen LogP contribution in [0.15, 0.2) is 24.3 Å². The van der Waals surface area contributed by atoms with Crippen LogP contribution in [0.5, 0.6) is 0 Å². The van der Waals surface area contributed by atoms with Crippen molar-refractivity contribution in [2.75, 3.05) is 5.73 Å². The largest absolute Gasteiger partial charge is 0.481 e. The highest BCUT2D eigenvalue weighted by atomic mass is 19.4. The van der Waals surface area contributed by atoms with Gasteiger partial charge in [0.05, 0.1) is 12.0 Å². The first-order chi connectivity index (χ1) is 8.42. The Morgan fingerprint density at radius 3 is 2.00 bits per heavy atom. The molecule has 0 heterocycles. The van der Waals surface area contributed by atoms with E-state index in [1.54, 1.807) is 0 Å². The van der Waals surface area contributed by atoms with Gasteiger partial charge in [0, 0.05) is 5.69 Å². The lowest BCUT2D eigenvalue weighted by molar-refractivity contribution is -0.139. The van der Waals surface area contributed by atoms with Gasteiger partial charge in [-0.1, -0.05) is 26.8 Å². The monoisotopic (exact) mass is 277 g/mol. The average molecular weight is 277 g/mol. The Morgan fingerprint density at radius 2 is 1.79 bits per heavy atom. The molecule has 0 bridgehead atoms. The van der Waals surface area contributed by atoms with Crippen molar-refractivity contribution >= 4 is 11.7 Å². The molecule has 0 saturated heterocycles. The Hall–Kier alpha value is -1.72. The van der Waals surface area contributed by atoms with E-state index in [0.29, 0.717) is 0 Å². The molecule has 0 unspecified atom stereocenters. The number of hydrogen-bond donors (Lipinski definition) is 2. The van der Waals surface area contributed by atoms with Crippen molar-refractivity contribution in [3.63, 3.8) is 0 Å². The third-order valence-electron chi connectivity index (χ3n) is 1.90. The zero-order chi connectivity index (χ0) is 15.3. The van der Waals surface area contributed by atoms with E-state index in [0.717, 1.165) is 12.1 Å². The predicted octanol–water partition coefficient (Wildman–Crippen LogP) is 3.79. The Bertz CT molecular complexity index is 423. The van der Waals surface area contributed by atoms with Crippen molar-refractivity contribution in [2.24, 2.45) is 5.41 Å². The van der Waals surface area contributed by atoms with Gasteiger partial charge in [-0.3, -0.25) is 4.79 Å². The summed E-state index contributed by atoms with van der Waals surface area (Å²) in [6.45, 7) is 5.71. The van der Waals surface area contributed by atoms with Crippen LogP contribution < -0.4 is 5.73 Å². The quantitative estimate of drug-likeness (QED) is 0.767. The second-order valence-electron chi connectivity index (χ2n) is 5.25. The summed E-state index contributed by atoms with van der Waals surface area (Å²) in [7, 11) is 0. The molecule has 0 saturated carbocycles. The van der Waals surface area contributed by atoms with Crippen LogP contribution in [-0.2, 0) is 11.0 Å². The van der Waals surface area contributed by atoms with Crippen LogP contribution in [-0.4, -0.2) is 11.1 Å². The number of nitrogen functional groups attached to an aromatic ring is 1. The van der Waals surface area contributed by atoms with Crippen molar-refractivity contribution in [2.45, 2.75) is 33.4 Å². The number of rotatable bonds is 1. The first-order valence-electron chi connectivity index (χ1n) is 5.56. The van der Waals surface area contributed by atoms with Crippen LogP contribution >= 0.6 is 0 Å². The molecule has 3 nitrogen and oxygen atoms in total. The molecule has 1 aromatic carbocycles. The van der Waals surface area contributed by atoms with Crippen LogP contribution in [0.2, 0.25) is 0 Å². The number of carboxylic acid groups (broad SMARTS) is 1. The lowest BCUT2D eigenvalue weighted by Crippen LogP contribution is -2.11. The van der Waals surface area contributed by atoms with E-state index in [1.165, 1.54) is 12.1 Å². The molecule has 0 atom stereocenters. The maximum Gasteiger partial charge on any atom is 0.416 e. The standard InChI is InChI=1S/C7H6F3N.C6H12O2/c8-7(9,10)5-2-1-3-6(11)4-5;1-6(2,3)4-5(7)8/h1-4H,11H2;4H2,1-3H3,(H,7,8). The molecule has 19 heavy (non-hydrogen) atoms. The lowest BCUT2D eigenvalue weighted by Gasteiger charge is -2.13. The summed E-state index contributed by atoms with van der Waals surface area (Å²) in [4.78, 5) is 10.0. The van der Waals surface area contributed by atoms with Crippen LogP contribution in [0.25, 0.3) is 0 Å². The maximum absolute atomic E-state index is 11.9. The van der Waals surface area contributed by atoms with E-state index in [1.807, 2.05) is 20.8 Å². The van der Waals surface area contributed by atoms with Gasteiger partial charge < -0.3 is 10.8 Å². The number of carboxylic acids is 1. The molecular formula is C13H18F3NO2. The second-order valence-corrected chi connectivity index (χ2v) is 5.25. The Morgan fingerprint density at radius 1 is 1.26 bits per heavy atom. The van der Waals surface area contributed by atoms with E-state index < -0.39 is 17.7 Å². The summed E-state index contributed by atoms with van der Waals surface area (Å²) in [6.07, 6.45) is -4.05. The SMILES string of the molecule is CC(C)(C)CC(=O)O.Nc1cccc(C(F)(F)F)c1. The molecule has 108 valence electrons. The molecule has 3 N–H and O–H groups in total.